The molecule has 4 rings (SSSR count). The number of carboxylic acid groups (broad SMARTS) is 1. The third-order valence-corrected chi connectivity index (χ3v) is 5.20. The molecule has 3 N–H and O–H groups in total. The van der Waals surface area contributed by atoms with Crippen LogP contribution in [0.15, 0.2) is 51.7 Å². The van der Waals surface area contributed by atoms with Crippen molar-refractivity contribution in [2.24, 2.45) is 0 Å². The number of aromatic carboxylic acids is 1. The van der Waals surface area contributed by atoms with Gasteiger partial charge >= 0.3 is 5.97 Å². The van der Waals surface area contributed by atoms with Crippen molar-refractivity contribution < 1.29 is 33.0 Å². The van der Waals surface area contributed by atoms with E-state index >= 15 is 0 Å². The van der Waals surface area contributed by atoms with Gasteiger partial charge in [-0.2, -0.15) is 0 Å². The molecule has 0 aromatic heterocycles. The maximum atomic E-state index is 14.2. The molecule has 0 atom stereocenters. The number of fused-ring (bicyclic) bond motifs is 2. The second-order valence-corrected chi connectivity index (χ2v) is 7.08. The fourth-order valence-corrected chi connectivity index (χ4v) is 3.64. The molecule has 0 radical (unpaired) electrons. The highest BCUT2D eigenvalue weighted by Gasteiger charge is 2.25. The highest BCUT2D eigenvalue weighted by molar-refractivity contribution is 14.1. The molecule has 1 aliphatic heterocycles. The molecule has 0 saturated heterocycles. The van der Waals surface area contributed by atoms with Gasteiger partial charge < -0.3 is 14.6 Å². The second kappa shape index (κ2) is 7.61. The van der Waals surface area contributed by atoms with Gasteiger partial charge in [-0.15, -0.1) is 0 Å². The summed E-state index contributed by atoms with van der Waals surface area (Å²) >= 11 is 1.62. The molecule has 2 aliphatic rings. The summed E-state index contributed by atoms with van der Waals surface area (Å²) in [5.41, 5.74) is -1.22. The number of benzene rings is 3. The number of halogens is 3. The smallest absolute Gasteiger partial charge is 0.336 e. The molecule has 1 aliphatic carbocycles. The average molecular weight is 537 g/mol. The van der Waals surface area contributed by atoms with E-state index in [0.717, 1.165) is 24.3 Å². The Morgan fingerprint density at radius 1 is 1.00 bits per heavy atom. The first-order valence-corrected chi connectivity index (χ1v) is 9.66. The van der Waals surface area contributed by atoms with Crippen molar-refractivity contribution in [1.82, 2.24) is 3.53 Å². The van der Waals surface area contributed by atoms with Crippen molar-refractivity contribution in [1.29, 1.82) is 0 Å². The van der Waals surface area contributed by atoms with Crippen LogP contribution in [-0.4, -0.2) is 22.1 Å². The fraction of sp³-hybridized carbons (Fsp3) is 0. The SMILES string of the molecule is O=C(NI)c1ccc(C(=O)O)c(-c2c3cc(F)c(=O)cc-3oc3cc(O)c(F)cc23)c1. The molecule has 0 fully saturated rings. The largest absolute Gasteiger partial charge is 0.505 e. The zero-order valence-electron chi connectivity index (χ0n) is 15.2. The Bertz CT molecular complexity index is 1430. The summed E-state index contributed by atoms with van der Waals surface area (Å²) in [5, 5.41) is 19.4. The number of phenols is 1. The number of carboxylic acids is 1. The summed E-state index contributed by atoms with van der Waals surface area (Å²) in [4.78, 5) is 35.8. The highest BCUT2D eigenvalue weighted by atomic mass is 127. The zero-order chi connectivity index (χ0) is 22.4. The van der Waals surface area contributed by atoms with Gasteiger partial charge in [0.2, 0.25) is 5.43 Å². The Morgan fingerprint density at radius 2 is 1.74 bits per heavy atom. The molecular formula is C21H10F2INO6. The van der Waals surface area contributed by atoms with Crippen molar-refractivity contribution in [3.05, 3.63) is 75.4 Å². The van der Waals surface area contributed by atoms with Gasteiger partial charge in [-0.25, -0.2) is 13.6 Å². The van der Waals surface area contributed by atoms with Crippen LogP contribution in [0.2, 0.25) is 0 Å². The van der Waals surface area contributed by atoms with Crippen molar-refractivity contribution >= 4 is 45.7 Å². The van der Waals surface area contributed by atoms with Crippen LogP contribution in [-0.2, 0) is 0 Å². The van der Waals surface area contributed by atoms with Crippen molar-refractivity contribution in [2.45, 2.75) is 0 Å². The van der Waals surface area contributed by atoms with Crippen LogP contribution < -0.4 is 8.96 Å². The van der Waals surface area contributed by atoms with Crippen LogP contribution in [0, 0.1) is 11.6 Å². The molecule has 1 heterocycles. The van der Waals surface area contributed by atoms with E-state index in [1.54, 1.807) is 22.9 Å². The lowest BCUT2D eigenvalue weighted by molar-refractivity contribution is 0.0697. The predicted molar refractivity (Wildman–Crippen MR) is 115 cm³/mol. The number of phenolic OH excluding ortho intramolecular Hbond substituents is 1. The lowest BCUT2D eigenvalue weighted by Crippen LogP contribution is -2.13. The second-order valence-electron chi connectivity index (χ2n) is 6.54. The summed E-state index contributed by atoms with van der Waals surface area (Å²) in [5.74, 6) is -4.87. The van der Waals surface area contributed by atoms with Crippen LogP contribution in [0.25, 0.3) is 33.4 Å². The normalized spacial score (nSPS) is 11.1. The van der Waals surface area contributed by atoms with Gasteiger partial charge in [0.25, 0.3) is 5.91 Å². The molecule has 2 aromatic carbocycles. The molecule has 0 saturated carbocycles. The molecule has 0 unspecified atom stereocenters. The highest BCUT2D eigenvalue weighted by Crippen LogP contribution is 2.43. The van der Waals surface area contributed by atoms with Crippen molar-refractivity contribution in [3.63, 3.8) is 0 Å². The summed E-state index contributed by atoms with van der Waals surface area (Å²) in [6.07, 6.45) is 0. The number of aromatic hydroxyl groups is 1. The molecular weight excluding hydrogens is 527 g/mol. The maximum Gasteiger partial charge on any atom is 0.336 e. The number of carbonyl (C=O) groups is 2. The van der Waals surface area contributed by atoms with Gasteiger partial charge in [0.1, 0.15) is 11.3 Å². The van der Waals surface area contributed by atoms with E-state index in [1.165, 1.54) is 18.2 Å². The van der Waals surface area contributed by atoms with Crippen LogP contribution in [0.1, 0.15) is 20.7 Å². The van der Waals surface area contributed by atoms with E-state index in [4.69, 9.17) is 4.42 Å². The molecule has 10 heteroatoms. The topological polar surface area (TPSA) is 117 Å². The summed E-state index contributed by atoms with van der Waals surface area (Å²) in [7, 11) is 0. The van der Waals surface area contributed by atoms with E-state index in [0.29, 0.717) is 0 Å². The van der Waals surface area contributed by atoms with Gasteiger partial charge in [0.05, 0.1) is 28.4 Å². The molecule has 7 nitrogen and oxygen atoms in total. The monoisotopic (exact) mass is 537 g/mol. The van der Waals surface area contributed by atoms with E-state index in [-0.39, 0.29) is 44.5 Å². The molecule has 0 bridgehead atoms. The third kappa shape index (κ3) is 3.48. The van der Waals surface area contributed by atoms with Crippen LogP contribution in [0.3, 0.4) is 0 Å². The van der Waals surface area contributed by atoms with Gasteiger partial charge in [-0.1, -0.05) is 0 Å². The molecule has 1 amide bonds. The summed E-state index contributed by atoms with van der Waals surface area (Å²) < 4.78 is 36.3. The number of hydrogen-bond donors (Lipinski definition) is 3. The zero-order valence-corrected chi connectivity index (χ0v) is 17.4. The standard InChI is InChI=1S/C21H10F2INO6/c22-13-4-11-17(6-15(13)26)31-18-7-16(27)14(23)5-12(18)19(11)10-3-8(20(28)25-24)1-2-9(10)21(29)30/h1-7,26H,(H,25,28)(H,29,30). The Morgan fingerprint density at radius 3 is 2.42 bits per heavy atom. The van der Waals surface area contributed by atoms with Gasteiger partial charge in [0, 0.05) is 34.2 Å². The van der Waals surface area contributed by atoms with Crippen molar-refractivity contribution in [2.75, 3.05) is 0 Å². The lowest BCUT2D eigenvalue weighted by atomic mass is 9.89. The number of amides is 1. The van der Waals surface area contributed by atoms with Crippen LogP contribution in [0.4, 0.5) is 8.78 Å². The minimum absolute atomic E-state index is 0.00961. The quantitative estimate of drug-likeness (QED) is 0.204. The van der Waals surface area contributed by atoms with E-state index in [1.807, 2.05) is 0 Å². The lowest BCUT2D eigenvalue weighted by Gasteiger charge is -2.17. The van der Waals surface area contributed by atoms with E-state index in [9.17, 15) is 33.4 Å². The number of hydrogen-bond acceptors (Lipinski definition) is 5. The van der Waals surface area contributed by atoms with E-state index in [2.05, 4.69) is 3.53 Å². The minimum atomic E-state index is -1.35. The maximum absolute atomic E-state index is 14.2. The first kappa shape index (κ1) is 20.7. The van der Waals surface area contributed by atoms with Crippen LogP contribution >= 0.6 is 22.9 Å². The average Bonchev–Trinajstić information content (AvgIpc) is 2.73. The summed E-state index contributed by atoms with van der Waals surface area (Å²) in [6.45, 7) is 0. The number of carbonyl (C=O) groups excluding carboxylic acids is 1. The first-order chi connectivity index (χ1) is 14.7. The van der Waals surface area contributed by atoms with Crippen molar-refractivity contribution in [3.8, 4) is 28.2 Å². The summed E-state index contributed by atoms with van der Waals surface area (Å²) in [6, 6.07) is 7.34. The fourth-order valence-electron chi connectivity index (χ4n) is 3.32. The van der Waals surface area contributed by atoms with E-state index < -0.39 is 34.7 Å². The molecule has 31 heavy (non-hydrogen) atoms. The third-order valence-electron chi connectivity index (χ3n) is 4.71. The number of nitrogens with one attached hydrogen (secondary N) is 1. The van der Waals surface area contributed by atoms with Gasteiger partial charge in [0.15, 0.2) is 17.4 Å². The minimum Gasteiger partial charge on any atom is -0.505 e. The van der Waals surface area contributed by atoms with Gasteiger partial charge in [-0.05, 0) is 35.9 Å². The Balaban J connectivity index is 2.24. The molecule has 156 valence electrons. The molecule has 2 aromatic rings. The molecule has 0 spiro atoms. The predicted octanol–water partition coefficient (Wildman–Crippen LogP) is 4.33. The Kier molecular flexibility index (Phi) is 5.09. The van der Waals surface area contributed by atoms with Gasteiger partial charge in [-0.3, -0.25) is 13.1 Å². The first-order valence-electron chi connectivity index (χ1n) is 8.58. The Hall–Kier alpha value is -3.54. The van der Waals surface area contributed by atoms with Crippen LogP contribution in [0.5, 0.6) is 5.75 Å². The number of rotatable bonds is 3. The Labute approximate surface area is 185 Å².